The zero-order valence-corrected chi connectivity index (χ0v) is 33.0. The lowest BCUT2D eigenvalue weighted by Gasteiger charge is -2.12. The Hall–Kier alpha value is -7.73. The highest BCUT2D eigenvalue weighted by Gasteiger charge is 2.22. The van der Waals surface area contributed by atoms with Gasteiger partial charge < -0.3 is 4.57 Å². The number of aromatic nitrogens is 4. The monoisotopic (exact) mass is 780 g/mol. The van der Waals surface area contributed by atoms with E-state index in [0.717, 1.165) is 43.9 Å². The average molecular weight is 781 g/mol. The molecule has 0 fully saturated rings. The van der Waals surface area contributed by atoms with Gasteiger partial charge in [-0.1, -0.05) is 158 Å². The molecule has 0 N–H and O–H groups in total. The van der Waals surface area contributed by atoms with E-state index in [4.69, 9.17) is 15.0 Å². The third-order valence-corrected chi connectivity index (χ3v) is 13.4. The van der Waals surface area contributed by atoms with Gasteiger partial charge in [0.2, 0.25) is 0 Å². The number of rotatable bonds is 4. The Morgan fingerprint density at radius 3 is 1.80 bits per heavy atom. The minimum absolute atomic E-state index is 0.651. The standard InChI is InChI=1S/C55H32N4S/c1-2-15-35(16-3-1)53-56-54(43-24-12-20-33-13-6-9-21-40(33)43)58-55(57-53)46-30-38-19-8-11-23-42(38)52-51(46)44-27-26-39(32-49(44)60-52)59-47-28-25-34-14-7-10-22-41(34)50(47)45-29-36-17-4-5-18-37(36)31-48(45)59/h1-32H. The molecule has 0 spiro atoms. The van der Waals surface area contributed by atoms with E-state index in [2.05, 4.69) is 180 Å². The van der Waals surface area contributed by atoms with Crippen LogP contribution in [0.15, 0.2) is 194 Å². The fourth-order valence-corrected chi connectivity index (χ4v) is 10.7. The number of fused-ring (bicyclic) bond motifs is 12. The molecule has 3 heterocycles. The molecule has 13 aromatic rings. The third-order valence-electron chi connectivity index (χ3n) is 12.2. The van der Waals surface area contributed by atoms with Crippen molar-refractivity contribution in [3.63, 3.8) is 0 Å². The first-order valence-electron chi connectivity index (χ1n) is 20.3. The second kappa shape index (κ2) is 12.9. The van der Waals surface area contributed by atoms with Crippen molar-refractivity contribution in [1.29, 1.82) is 0 Å². The molecular formula is C55H32N4S. The molecule has 0 saturated heterocycles. The molecule has 278 valence electrons. The van der Waals surface area contributed by atoms with Gasteiger partial charge in [-0.2, -0.15) is 0 Å². The molecule has 13 rings (SSSR count). The van der Waals surface area contributed by atoms with Crippen molar-refractivity contribution in [2.75, 3.05) is 0 Å². The fourth-order valence-electron chi connectivity index (χ4n) is 9.42. The summed E-state index contributed by atoms with van der Waals surface area (Å²) >= 11 is 1.85. The molecule has 0 amide bonds. The van der Waals surface area contributed by atoms with Gasteiger partial charge in [-0.15, -0.1) is 11.3 Å². The number of thiophene rings is 1. The molecule has 10 aromatic carbocycles. The Morgan fingerprint density at radius 1 is 0.350 bits per heavy atom. The normalized spacial score (nSPS) is 12.0. The zero-order valence-electron chi connectivity index (χ0n) is 32.2. The quantitative estimate of drug-likeness (QED) is 0.179. The first-order valence-corrected chi connectivity index (χ1v) is 21.1. The lowest BCUT2D eigenvalue weighted by atomic mass is 9.99. The van der Waals surface area contributed by atoms with Crippen LogP contribution in [-0.2, 0) is 0 Å². The van der Waals surface area contributed by atoms with E-state index < -0.39 is 0 Å². The minimum atomic E-state index is 0.651. The van der Waals surface area contributed by atoms with Crippen molar-refractivity contribution in [2.45, 2.75) is 0 Å². The second-order valence-electron chi connectivity index (χ2n) is 15.6. The number of nitrogens with zero attached hydrogens (tertiary/aromatic N) is 4. The third kappa shape index (κ3) is 5.00. The maximum absolute atomic E-state index is 5.35. The van der Waals surface area contributed by atoms with Crippen molar-refractivity contribution < 1.29 is 0 Å². The van der Waals surface area contributed by atoms with Gasteiger partial charge in [-0.3, -0.25) is 0 Å². The molecule has 3 aromatic heterocycles. The highest BCUT2D eigenvalue weighted by molar-refractivity contribution is 7.26. The molecule has 60 heavy (non-hydrogen) atoms. The number of hydrogen-bond acceptors (Lipinski definition) is 4. The predicted molar refractivity (Wildman–Crippen MR) is 253 cm³/mol. The predicted octanol–water partition coefficient (Wildman–Crippen LogP) is 15.0. The highest BCUT2D eigenvalue weighted by Crippen LogP contribution is 2.46. The molecule has 0 bridgehead atoms. The van der Waals surface area contributed by atoms with Gasteiger partial charge in [0.1, 0.15) is 0 Å². The SMILES string of the molecule is c1ccc(-c2nc(-c3cccc4ccccc34)nc(-c3cc4ccccc4c4sc5cc(-n6c7cc8ccccc8cc7c7c8ccccc8ccc76)ccc5c34)n2)cc1. The summed E-state index contributed by atoms with van der Waals surface area (Å²) in [6, 6.07) is 69.7. The summed E-state index contributed by atoms with van der Waals surface area (Å²) in [7, 11) is 0. The second-order valence-corrected chi connectivity index (χ2v) is 16.6. The van der Waals surface area contributed by atoms with E-state index >= 15 is 0 Å². The summed E-state index contributed by atoms with van der Waals surface area (Å²) in [6.45, 7) is 0. The van der Waals surface area contributed by atoms with Gasteiger partial charge in [0.25, 0.3) is 0 Å². The Morgan fingerprint density at radius 2 is 0.983 bits per heavy atom. The maximum Gasteiger partial charge on any atom is 0.164 e. The van der Waals surface area contributed by atoms with Crippen molar-refractivity contribution >= 4 is 96.4 Å². The molecule has 0 saturated carbocycles. The summed E-state index contributed by atoms with van der Waals surface area (Å²) < 4.78 is 4.90. The van der Waals surface area contributed by atoms with E-state index in [-0.39, 0.29) is 0 Å². The molecular weight excluding hydrogens is 749 g/mol. The Kier molecular flexibility index (Phi) is 7.14. The topological polar surface area (TPSA) is 43.6 Å². The van der Waals surface area contributed by atoms with Crippen molar-refractivity contribution in [3.05, 3.63) is 194 Å². The highest BCUT2D eigenvalue weighted by atomic mass is 32.1. The van der Waals surface area contributed by atoms with Crippen LogP contribution in [0.1, 0.15) is 0 Å². The van der Waals surface area contributed by atoms with Crippen LogP contribution in [-0.4, -0.2) is 19.5 Å². The average Bonchev–Trinajstić information content (AvgIpc) is 3.86. The molecule has 4 nitrogen and oxygen atoms in total. The van der Waals surface area contributed by atoms with Crippen LogP contribution in [0.2, 0.25) is 0 Å². The van der Waals surface area contributed by atoms with Crippen LogP contribution in [0.3, 0.4) is 0 Å². The Balaban J connectivity index is 1.09. The van der Waals surface area contributed by atoms with Crippen LogP contribution in [0.5, 0.6) is 0 Å². The zero-order chi connectivity index (χ0) is 39.3. The van der Waals surface area contributed by atoms with Gasteiger partial charge >= 0.3 is 0 Å². The molecule has 0 aliphatic heterocycles. The van der Waals surface area contributed by atoms with Crippen LogP contribution in [0.4, 0.5) is 0 Å². The van der Waals surface area contributed by atoms with E-state index in [1.165, 1.54) is 63.5 Å². The van der Waals surface area contributed by atoms with E-state index in [9.17, 15) is 0 Å². The number of benzene rings is 10. The summed E-state index contributed by atoms with van der Waals surface area (Å²) in [5, 5.41) is 14.5. The summed E-state index contributed by atoms with van der Waals surface area (Å²) in [6.07, 6.45) is 0. The fraction of sp³-hybridized carbons (Fsp3) is 0. The summed E-state index contributed by atoms with van der Waals surface area (Å²) in [5.74, 6) is 1.97. The maximum atomic E-state index is 5.35. The Bertz CT molecular complexity index is 3890. The Labute approximate surface area is 348 Å². The van der Waals surface area contributed by atoms with Gasteiger partial charge in [-0.05, 0) is 79.5 Å². The number of hydrogen-bond donors (Lipinski definition) is 0. The van der Waals surface area contributed by atoms with Gasteiger partial charge in [-0.25, -0.2) is 15.0 Å². The van der Waals surface area contributed by atoms with Crippen LogP contribution in [0.25, 0.3) is 125 Å². The largest absolute Gasteiger partial charge is 0.309 e. The van der Waals surface area contributed by atoms with Crippen LogP contribution >= 0.6 is 11.3 Å². The smallest absolute Gasteiger partial charge is 0.164 e. The summed E-state index contributed by atoms with van der Waals surface area (Å²) in [5.41, 5.74) is 6.47. The van der Waals surface area contributed by atoms with Crippen molar-refractivity contribution in [1.82, 2.24) is 19.5 Å². The van der Waals surface area contributed by atoms with Crippen molar-refractivity contribution in [3.8, 4) is 39.9 Å². The van der Waals surface area contributed by atoms with Crippen LogP contribution < -0.4 is 0 Å². The van der Waals surface area contributed by atoms with E-state index in [1.807, 2.05) is 29.5 Å². The molecule has 0 aliphatic carbocycles. The van der Waals surface area contributed by atoms with Gasteiger partial charge in [0, 0.05) is 53.3 Å². The first kappa shape index (κ1) is 33.3. The first-order chi connectivity index (χ1) is 29.7. The summed E-state index contributed by atoms with van der Waals surface area (Å²) in [4.78, 5) is 15.8. The lowest BCUT2D eigenvalue weighted by Crippen LogP contribution is -2.01. The van der Waals surface area contributed by atoms with Crippen LogP contribution in [0, 0.1) is 0 Å². The molecule has 0 radical (unpaired) electrons. The minimum Gasteiger partial charge on any atom is -0.309 e. The van der Waals surface area contributed by atoms with E-state index in [1.54, 1.807) is 0 Å². The lowest BCUT2D eigenvalue weighted by molar-refractivity contribution is 1.08. The molecule has 0 aliphatic rings. The molecule has 5 heteroatoms. The molecule has 0 unspecified atom stereocenters. The van der Waals surface area contributed by atoms with E-state index in [0.29, 0.717) is 17.5 Å². The van der Waals surface area contributed by atoms with Gasteiger partial charge in [0.05, 0.1) is 11.0 Å². The molecule has 0 atom stereocenters. The van der Waals surface area contributed by atoms with Crippen molar-refractivity contribution in [2.24, 2.45) is 0 Å². The van der Waals surface area contributed by atoms with Gasteiger partial charge in [0.15, 0.2) is 17.5 Å².